The van der Waals surface area contributed by atoms with Gasteiger partial charge in [0, 0.05) is 39.1 Å². The van der Waals surface area contributed by atoms with Crippen molar-refractivity contribution in [3.63, 3.8) is 0 Å². The first-order valence-corrected chi connectivity index (χ1v) is 7.33. The molecule has 0 radical (unpaired) electrons. The number of amides is 1. The third kappa shape index (κ3) is 6.36. The summed E-state index contributed by atoms with van der Waals surface area (Å²) in [5.41, 5.74) is 0. The number of piperazine rings is 1. The van der Waals surface area contributed by atoms with Crippen LogP contribution in [0.2, 0.25) is 0 Å². The van der Waals surface area contributed by atoms with Crippen molar-refractivity contribution in [3.8, 4) is 0 Å². The van der Waals surface area contributed by atoms with E-state index in [9.17, 15) is 4.79 Å². The monoisotopic (exact) mass is 255 g/mol. The average Bonchev–Trinajstić information content (AvgIpc) is 2.34. The van der Waals surface area contributed by atoms with Crippen LogP contribution in [-0.4, -0.2) is 61.5 Å². The predicted octanol–water partition coefficient (Wildman–Crippen LogP) is 1.18. The second kappa shape index (κ2) is 8.48. The van der Waals surface area contributed by atoms with Gasteiger partial charge in [-0.05, 0) is 25.4 Å². The number of rotatable bonds is 7. The number of likely N-dealkylation sites (N-methyl/N-ethyl adjacent to an activating group) is 1. The summed E-state index contributed by atoms with van der Waals surface area (Å²) < 4.78 is 0. The van der Waals surface area contributed by atoms with Crippen LogP contribution in [0.4, 0.5) is 0 Å². The Balaban J connectivity index is 2.00. The highest BCUT2D eigenvalue weighted by molar-refractivity contribution is 5.75. The first-order valence-electron chi connectivity index (χ1n) is 7.33. The third-order valence-corrected chi connectivity index (χ3v) is 3.48. The number of carbonyl (C=O) groups excluding carboxylic acids is 1. The number of nitrogens with one attached hydrogen (secondary N) is 1. The summed E-state index contributed by atoms with van der Waals surface area (Å²) in [6, 6.07) is 0. The zero-order chi connectivity index (χ0) is 13.4. The molecule has 4 heteroatoms. The van der Waals surface area contributed by atoms with Crippen molar-refractivity contribution in [2.45, 2.75) is 33.6 Å². The highest BCUT2D eigenvalue weighted by Crippen LogP contribution is 2.02. The van der Waals surface area contributed by atoms with Crippen molar-refractivity contribution in [1.82, 2.24) is 15.1 Å². The van der Waals surface area contributed by atoms with E-state index < -0.39 is 0 Å². The van der Waals surface area contributed by atoms with E-state index in [1.807, 2.05) is 0 Å². The molecule has 0 bridgehead atoms. The molecule has 1 amide bonds. The Kier molecular flexibility index (Phi) is 7.28. The number of hydrogen-bond acceptors (Lipinski definition) is 3. The van der Waals surface area contributed by atoms with Crippen LogP contribution in [0.5, 0.6) is 0 Å². The maximum atomic E-state index is 11.5. The molecule has 0 aromatic heterocycles. The molecule has 1 rings (SSSR count). The van der Waals surface area contributed by atoms with Gasteiger partial charge in [0.05, 0.1) is 0 Å². The first kappa shape index (κ1) is 15.4. The molecule has 1 aliphatic heterocycles. The zero-order valence-electron chi connectivity index (χ0n) is 12.2. The van der Waals surface area contributed by atoms with E-state index in [1.54, 1.807) is 0 Å². The van der Waals surface area contributed by atoms with Crippen molar-refractivity contribution in [2.75, 3.05) is 45.8 Å². The molecule has 1 fully saturated rings. The summed E-state index contributed by atoms with van der Waals surface area (Å²) in [7, 11) is 0. The third-order valence-electron chi connectivity index (χ3n) is 3.48. The molecule has 0 spiro atoms. The van der Waals surface area contributed by atoms with E-state index in [0.29, 0.717) is 12.3 Å². The topological polar surface area (TPSA) is 35.6 Å². The lowest BCUT2D eigenvalue weighted by atomic mass is 10.1. The van der Waals surface area contributed by atoms with Crippen molar-refractivity contribution >= 4 is 5.91 Å². The molecular formula is C14H29N3O. The van der Waals surface area contributed by atoms with E-state index in [1.165, 1.54) is 32.7 Å². The minimum atomic E-state index is 0.195. The fourth-order valence-electron chi connectivity index (χ4n) is 2.30. The van der Waals surface area contributed by atoms with Gasteiger partial charge < -0.3 is 15.1 Å². The fraction of sp³-hybridized carbons (Fsp3) is 0.929. The highest BCUT2D eigenvalue weighted by atomic mass is 16.1. The van der Waals surface area contributed by atoms with E-state index in [0.717, 1.165) is 19.5 Å². The van der Waals surface area contributed by atoms with E-state index in [-0.39, 0.29) is 5.91 Å². The van der Waals surface area contributed by atoms with Crippen LogP contribution < -0.4 is 5.32 Å². The lowest BCUT2D eigenvalue weighted by Gasteiger charge is -2.33. The second-order valence-electron chi connectivity index (χ2n) is 5.58. The van der Waals surface area contributed by atoms with Crippen LogP contribution in [0.1, 0.15) is 33.6 Å². The minimum absolute atomic E-state index is 0.195. The SMILES string of the molecule is CCN1CCN(CCCNC(=O)CC(C)C)CC1. The molecule has 1 aliphatic rings. The molecule has 0 aromatic carbocycles. The number of nitrogens with zero attached hydrogens (tertiary/aromatic N) is 2. The Morgan fingerprint density at radius 1 is 1.17 bits per heavy atom. The van der Waals surface area contributed by atoms with Gasteiger partial charge in [-0.25, -0.2) is 0 Å². The Hall–Kier alpha value is -0.610. The number of carbonyl (C=O) groups is 1. The molecule has 4 nitrogen and oxygen atoms in total. The Labute approximate surface area is 112 Å². The normalized spacial score (nSPS) is 18.2. The van der Waals surface area contributed by atoms with Gasteiger partial charge in [0.15, 0.2) is 0 Å². The Morgan fingerprint density at radius 3 is 2.33 bits per heavy atom. The van der Waals surface area contributed by atoms with Crippen molar-refractivity contribution in [2.24, 2.45) is 5.92 Å². The largest absolute Gasteiger partial charge is 0.356 e. The number of hydrogen-bond donors (Lipinski definition) is 1. The molecule has 1 N–H and O–H groups in total. The Morgan fingerprint density at radius 2 is 1.78 bits per heavy atom. The van der Waals surface area contributed by atoms with Gasteiger partial charge in [-0.2, -0.15) is 0 Å². The van der Waals surface area contributed by atoms with Crippen LogP contribution in [0.3, 0.4) is 0 Å². The van der Waals surface area contributed by atoms with Gasteiger partial charge in [-0.3, -0.25) is 4.79 Å². The predicted molar refractivity (Wildman–Crippen MR) is 75.6 cm³/mol. The van der Waals surface area contributed by atoms with Crippen LogP contribution in [-0.2, 0) is 4.79 Å². The van der Waals surface area contributed by atoms with E-state index in [2.05, 4.69) is 35.9 Å². The maximum Gasteiger partial charge on any atom is 0.220 e. The molecule has 0 saturated carbocycles. The lowest BCUT2D eigenvalue weighted by Crippen LogP contribution is -2.46. The summed E-state index contributed by atoms with van der Waals surface area (Å²) >= 11 is 0. The molecule has 0 atom stereocenters. The van der Waals surface area contributed by atoms with Gasteiger partial charge in [0.2, 0.25) is 5.91 Å². The second-order valence-corrected chi connectivity index (χ2v) is 5.58. The molecular weight excluding hydrogens is 226 g/mol. The molecule has 18 heavy (non-hydrogen) atoms. The summed E-state index contributed by atoms with van der Waals surface area (Å²) in [6.07, 6.45) is 1.71. The fourth-order valence-corrected chi connectivity index (χ4v) is 2.30. The summed E-state index contributed by atoms with van der Waals surface area (Å²) in [6.45, 7) is 14.2. The lowest BCUT2D eigenvalue weighted by molar-refractivity contribution is -0.121. The zero-order valence-corrected chi connectivity index (χ0v) is 12.2. The van der Waals surface area contributed by atoms with Gasteiger partial charge in [-0.15, -0.1) is 0 Å². The van der Waals surface area contributed by atoms with Gasteiger partial charge in [-0.1, -0.05) is 20.8 Å². The molecule has 0 unspecified atom stereocenters. The summed E-state index contributed by atoms with van der Waals surface area (Å²) in [4.78, 5) is 16.4. The molecule has 0 aromatic rings. The first-order chi connectivity index (χ1) is 8.61. The molecule has 106 valence electrons. The van der Waals surface area contributed by atoms with Crippen LogP contribution in [0.25, 0.3) is 0 Å². The van der Waals surface area contributed by atoms with Crippen LogP contribution in [0, 0.1) is 5.92 Å². The van der Waals surface area contributed by atoms with Crippen LogP contribution in [0.15, 0.2) is 0 Å². The maximum absolute atomic E-state index is 11.5. The molecule has 0 aliphatic carbocycles. The Bertz CT molecular complexity index is 235. The van der Waals surface area contributed by atoms with Gasteiger partial charge >= 0.3 is 0 Å². The quantitative estimate of drug-likeness (QED) is 0.694. The summed E-state index contributed by atoms with van der Waals surface area (Å²) in [5, 5.41) is 3.00. The highest BCUT2D eigenvalue weighted by Gasteiger charge is 2.14. The summed E-state index contributed by atoms with van der Waals surface area (Å²) in [5.74, 6) is 0.646. The van der Waals surface area contributed by atoms with Crippen LogP contribution >= 0.6 is 0 Å². The van der Waals surface area contributed by atoms with Gasteiger partial charge in [0.1, 0.15) is 0 Å². The van der Waals surface area contributed by atoms with Crippen molar-refractivity contribution < 1.29 is 4.79 Å². The van der Waals surface area contributed by atoms with E-state index >= 15 is 0 Å². The van der Waals surface area contributed by atoms with Gasteiger partial charge in [0.25, 0.3) is 0 Å². The van der Waals surface area contributed by atoms with Crippen molar-refractivity contribution in [3.05, 3.63) is 0 Å². The average molecular weight is 255 g/mol. The minimum Gasteiger partial charge on any atom is -0.356 e. The van der Waals surface area contributed by atoms with Crippen molar-refractivity contribution in [1.29, 1.82) is 0 Å². The smallest absolute Gasteiger partial charge is 0.220 e. The van der Waals surface area contributed by atoms with E-state index in [4.69, 9.17) is 0 Å². The molecule has 1 saturated heterocycles. The molecule has 1 heterocycles. The standard InChI is InChI=1S/C14H29N3O/c1-4-16-8-10-17(11-9-16)7-5-6-15-14(18)12-13(2)3/h13H,4-12H2,1-3H3,(H,15,18).